The molecule has 4 aromatic rings. The molecule has 4 amide bonds. The van der Waals surface area contributed by atoms with Gasteiger partial charge in [0.15, 0.2) is 0 Å². The number of ether oxygens (including phenoxy) is 3. The van der Waals surface area contributed by atoms with E-state index in [9.17, 15) is 19.2 Å². The maximum absolute atomic E-state index is 14.4. The molecular formula is C49H64N8O7. The normalized spacial score (nSPS) is 22.0. The first-order valence-corrected chi connectivity index (χ1v) is 23.2. The highest BCUT2D eigenvalue weighted by atomic mass is 16.5. The third-order valence-corrected chi connectivity index (χ3v) is 13.8. The van der Waals surface area contributed by atoms with Crippen molar-refractivity contribution < 1.29 is 33.4 Å². The van der Waals surface area contributed by atoms with Crippen molar-refractivity contribution in [3.8, 4) is 33.6 Å². The van der Waals surface area contributed by atoms with Crippen LogP contribution in [0, 0.1) is 17.8 Å². The fourth-order valence-electron chi connectivity index (χ4n) is 10.4. The van der Waals surface area contributed by atoms with Crippen LogP contribution in [-0.2, 0) is 36.6 Å². The predicted octanol–water partition coefficient (Wildman–Crippen LogP) is 7.90. The number of hydrogen-bond donors (Lipinski definition) is 4. The van der Waals surface area contributed by atoms with Gasteiger partial charge in [0.05, 0.1) is 43.4 Å². The summed E-state index contributed by atoms with van der Waals surface area (Å²) >= 11 is 0. The van der Waals surface area contributed by atoms with Gasteiger partial charge in [-0.05, 0) is 85.8 Å². The molecule has 2 saturated heterocycles. The van der Waals surface area contributed by atoms with Gasteiger partial charge in [0.1, 0.15) is 23.7 Å². The van der Waals surface area contributed by atoms with Crippen LogP contribution in [0.5, 0.6) is 0 Å². The molecule has 15 nitrogen and oxygen atoms in total. The minimum atomic E-state index is -0.743. The Balaban J connectivity index is 1.01. The van der Waals surface area contributed by atoms with Crippen molar-refractivity contribution >= 4 is 24.0 Å². The fraction of sp³-hybridized carbons (Fsp3) is 0.551. The number of aryl methyl sites for hydroxylation is 2. The highest BCUT2D eigenvalue weighted by Crippen LogP contribution is 2.47. The van der Waals surface area contributed by atoms with Crippen molar-refractivity contribution in [1.29, 1.82) is 0 Å². The average Bonchev–Trinajstić information content (AvgIpc) is 4.08. The van der Waals surface area contributed by atoms with Gasteiger partial charge in [-0.25, -0.2) is 19.6 Å². The number of fused-ring (bicyclic) bond motifs is 4. The third kappa shape index (κ3) is 9.27. The van der Waals surface area contributed by atoms with Crippen LogP contribution in [0.2, 0.25) is 0 Å². The first kappa shape index (κ1) is 44.9. The molecule has 15 heteroatoms. The highest BCUT2D eigenvalue weighted by molar-refractivity contribution is 5.87. The second-order valence-electron chi connectivity index (χ2n) is 18.5. The average molecular weight is 877 g/mol. The largest absolute Gasteiger partial charge is 0.453 e. The SMILES string of the molecule is COC(=O)N[C@H](C(=O)N1CCCCOCC[C@H]1c1nc(-c2ccc(-c3ccc4c(c3)CCc3nc([C@@H]5C[C@@H]6CCCC[C@@H]6N5C(=O)[C@@H](NC(=O)OC)C(C)C)[nH]c3-4)cc2)c[nH]1)C(C)C. The number of alkyl carbamates (subject to hydrolysis) is 2. The minimum absolute atomic E-state index is 0.0665. The summed E-state index contributed by atoms with van der Waals surface area (Å²) in [6.07, 6.45) is 9.63. The standard InChI is InChI=1S/C49H64N8O7/c1-28(2)41(54-48(60)62-5)46(58)56-22-9-10-23-64-24-21-39(56)44-50-27-37(52-44)31-15-13-30(14-16-31)32-17-19-35-33(25-32)18-20-36-43(35)53-45(51-36)40-26-34-11-7-8-12-38(34)57(40)47(59)42(29(3)4)55-49(61)63-6/h13-17,19,25,27-29,34,38-42H,7-12,18,20-24,26H2,1-6H3,(H,50,52)(H,51,53)(H,54,60)(H,55,61)/t34-,38-,39-,40-,41-,42-/m0/s1. The van der Waals surface area contributed by atoms with Crippen LogP contribution in [-0.4, -0.2) is 106 Å². The summed E-state index contributed by atoms with van der Waals surface area (Å²) in [6, 6.07) is 13.1. The van der Waals surface area contributed by atoms with Gasteiger partial charge < -0.3 is 44.6 Å². The highest BCUT2D eigenvalue weighted by Gasteiger charge is 2.48. The summed E-state index contributed by atoms with van der Waals surface area (Å²) in [5.41, 5.74) is 8.36. The molecule has 0 bridgehead atoms. The van der Waals surface area contributed by atoms with Gasteiger partial charge in [-0.2, -0.15) is 0 Å². The molecule has 3 fully saturated rings. The van der Waals surface area contributed by atoms with Gasteiger partial charge in [0, 0.05) is 43.1 Å². The Labute approximate surface area is 375 Å². The van der Waals surface area contributed by atoms with Gasteiger partial charge in [-0.15, -0.1) is 0 Å². The number of benzene rings is 2. The summed E-state index contributed by atoms with van der Waals surface area (Å²) in [7, 11) is 2.62. The number of carbonyl (C=O) groups is 4. The number of carbonyl (C=O) groups excluding carboxylic acids is 4. The second kappa shape index (κ2) is 19.6. The number of aromatic amines is 2. The number of H-pyrrole nitrogens is 2. The molecule has 4 aliphatic rings. The number of imidazole rings is 2. The lowest BCUT2D eigenvalue weighted by Crippen LogP contribution is -2.53. The molecule has 342 valence electrons. The first-order chi connectivity index (χ1) is 30.9. The quantitative estimate of drug-likeness (QED) is 0.123. The van der Waals surface area contributed by atoms with Crippen molar-refractivity contribution in [1.82, 2.24) is 40.4 Å². The number of amides is 4. The summed E-state index contributed by atoms with van der Waals surface area (Å²) in [6.45, 7) is 9.37. The van der Waals surface area contributed by atoms with Crippen molar-refractivity contribution in [3.63, 3.8) is 0 Å². The van der Waals surface area contributed by atoms with E-state index in [-0.39, 0.29) is 41.8 Å². The zero-order valence-electron chi connectivity index (χ0n) is 38.1. The Morgan fingerprint density at radius 1 is 0.750 bits per heavy atom. The lowest BCUT2D eigenvalue weighted by Gasteiger charge is -2.36. The van der Waals surface area contributed by atoms with Gasteiger partial charge >= 0.3 is 12.2 Å². The van der Waals surface area contributed by atoms with Crippen LogP contribution >= 0.6 is 0 Å². The number of nitrogens with zero attached hydrogens (tertiary/aromatic N) is 4. The van der Waals surface area contributed by atoms with E-state index in [0.717, 1.165) is 96.5 Å². The molecule has 2 aliphatic carbocycles. The number of rotatable bonds is 10. The van der Waals surface area contributed by atoms with Crippen LogP contribution in [0.3, 0.4) is 0 Å². The monoisotopic (exact) mass is 876 g/mol. The lowest BCUT2D eigenvalue weighted by atomic mass is 9.84. The molecule has 64 heavy (non-hydrogen) atoms. The Morgan fingerprint density at radius 3 is 2.16 bits per heavy atom. The topological polar surface area (TPSA) is 184 Å². The molecule has 0 unspecified atom stereocenters. The third-order valence-electron chi connectivity index (χ3n) is 13.8. The van der Waals surface area contributed by atoms with Crippen molar-refractivity contribution in [2.75, 3.05) is 34.0 Å². The smallest absolute Gasteiger partial charge is 0.407 e. The molecule has 4 N–H and O–H groups in total. The van der Waals surface area contributed by atoms with Gasteiger partial charge in [-0.1, -0.05) is 83.0 Å². The van der Waals surface area contributed by atoms with E-state index < -0.39 is 24.3 Å². The lowest BCUT2D eigenvalue weighted by molar-refractivity contribution is -0.138. The van der Waals surface area contributed by atoms with E-state index in [4.69, 9.17) is 24.2 Å². The van der Waals surface area contributed by atoms with Gasteiger partial charge in [0.25, 0.3) is 0 Å². The Kier molecular flexibility index (Phi) is 13.7. The zero-order valence-corrected chi connectivity index (χ0v) is 38.1. The number of aromatic nitrogens is 4. The molecule has 0 radical (unpaired) electrons. The molecular weight excluding hydrogens is 813 g/mol. The van der Waals surface area contributed by atoms with Crippen LogP contribution in [0.25, 0.3) is 33.6 Å². The Hall–Kier alpha value is -5.70. The summed E-state index contributed by atoms with van der Waals surface area (Å²) in [4.78, 5) is 74.2. The zero-order chi connectivity index (χ0) is 45.1. The van der Waals surface area contributed by atoms with E-state index in [2.05, 4.69) is 63.1 Å². The molecule has 1 saturated carbocycles. The van der Waals surface area contributed by atoms with E-state index >= 15 is 0 Å². The van der Waals surface area contributed by atoms with Crippen LogP contribution < -0.4 is 10.6 Å². The van der Waals surface area contributed by atoms with Crippen LogP contribution in [0.1, 0.15) is 114 Å². The van der Waals surface area contributed by atoms with Crippen molar-refractivity contribution in [2.24, 2.45) is 17.8 Å². The Bertz CT molecular complexity index is 2300. The first-order valence-electron chi connectivity index (χ1n) is 23.2. The number of methoxy groups -OCH3 is 2. The molecule has 4 heterocycles. The van der Waals surface area contributed by atoms with Gasteiger partial charge in [-0.3, -0.25) is 9.59 Å². The molecule has 0 spiro atoms. The van der Waals surface area contributed by atoms with E-state index in [1.807, 2.05) is 43.7 Å². The van der Waals surface area contributed by atoms with E-state index in [1.54, 1.807) is 0 Å². The fourth-order valence-corrected chi connectivity index (χ4v) is 10.4. The maximum atomic E-state index is 14.4. The molecule has 2 aliphatic heterocycles. The molecule has 2 aromatic carbocycles. The summed E-state index contributed by atoms with van der Waals surface area (Å²) in [5, 5.41) is 5.57. The Morgan fingerprint density at radius 2 is 1.44 bits per heavy atom. The number of hydrogen-bond acceptors (Lipinski definition) is 9. The number of nitrogens with one attached hydrogen (secondary N) is 4. The minimum Gasteiger partial charge on any atom is -0.453 e. The molecule has 2 aromatic heterocycles. The second-order valence-corrected chi connectivity index (χ2v) is 18.5. The van der Waals surface area contributed by atoms with Crippen LogP contribution in [0.4, 0.5) is 9.59 Å². The van der Waals surface area contributed by atoms with E-state index in [0.29, 0.717) is 37.9 Å². The van der Waals surface area contributed by atoms with Crippen molar-refractivity contribution in [3.05, 3.63) is 71.6 Å². The molecule has 6 atom stereocenters. The number of likely N-dealkylation sites (tertiary alicyclic amines) is 1. The predicted molar refractivity (Wildman–Crippen MR) is 242 cm³/mol. The molecule has 8 rings (SSSR count). The summed E-state index contributed by atoms with van der Waals surface area (Å²) < 4.78 is 15.6. The van der Waals surface area contributed by atoms with Crippen molar-refractivity contribution in [2.45, 2.75) is 122 Å². The van der Waals surface area contributed by atoms with Gasteiger partial charge in [0.2, 0.25) is 11.8 Å². The summed E-state index contributed by atoms with van der Waals surface area (Å²) in [5.74, 6) is 1.42. The van der Waals surface area contributed by atoms with E-state index in [1.165, 1.54) is 26.2 Å². The maximum Gasteiger partial charge on any atom is 0.407 e. The van der Waals surface area contributed by atoms with Crippen LogP contribution in [0.15, 0.2) is 48.7 Å².